The molecule has 0 bridgehead atoms. The molecule has 2 aliphatic heterocycles. The maximum Gasteiger partial charge on any atom is 0.418 e. The van der Waals surface area contributed by atoms with Crippen LogP contribution in [0.25, 0.3) is 0 Å². The van der Waals surface area contributed by atoms with E-state index in [4.69, 9.17) is 13.8 Å². The largest absolute Gasteiger partial charge is 0.457 e. The van der Waals surface area contributed by atoms with Gasteiger partial charge in [0.05, 0.1) is 6.04 Å². The molecule has 2 aliphatic carbocycles. The van der Waals surface area contributed by atoms with Crippen molar-refractivity contribution in [1.82, 2.24) is 0 Å². The van der Waals surface area contributed by atoms with E-state index in [2.05, 4.69) is 108 Å². The predicted octanol–water partition coefficient (Wildman–Crippen LogP) is 9.27. The normalized spacial score (nSPS) is 17.5. The van der Waals surface area contributed by atoms with E-state index in [1.165, 1.54) is 22.3 Å². The molecule has 9 rings (SSSR count). The molecule has 0 atom stereocenters. The Morgan fingerprint density at radius 2 is 1.07 bits per heavy atom. The molecule has 1 spiro atoms. The Morgan fingerprint density at radius 1 is 0.561 bits per heavy atom. The molecule has 0 aromatic heterocycles. The van der Waals surface area contributed by atoms with Gasteiger partial charge in [0.25, 0.3) is 0 Å². The van der Waals surface area contributed by atoms with Crippen LogP contribution in [0, 0.1) is 0 Å². The summed E-state index contributed by atoms with van der Waals surface area (Å²) in [6, 6.07) is 40.3. The highest BCUT2D eigenvalue weighted by Gasteiger charge is 2.51. The quantitative estimate of drug-likeness (QED) is 0.208. The molecule has 5 heteroatoms. The molecule has 0 unspecified atom stereocenters. The van der Waals surface area contributed by atoms with Crippen LogP contribution in [0.5, 0.6) is 23.0 Å². The smallest absolute Gasteiger partial charge is 0.418 e. The van der Waals surface area contributed by atoms with E-state index in [-0.39, 0.29) is 11.5 Å². The SMILES string of the molecule is c1ccc(N(C2c3ccccc3Oc3ccccc32)P2Oc3cccc4c3C3(CC4)CCc4cccc(c43)O2)cc1. The Hall–Kier alpha value is -4.27. The summed E-state index contributed by atoms with van der Waals surface area (Å²) < 4.78 is 23.1. The van der Waals surface area contributed by atoms with Gasteiger partial charge in [0.15, 0.2) is 0 Å². The van der Waals surface area contributed by atoms with E-state index < -0.39 is 8.53 Å². The fraction of sp³-hybridized carbons (Fsp3) is 0.167. The molecule has 5 aromatic rings. The van der Waals surface area contributed by atoms with Gasteiger partial charge < -0.3 is 13.8 Å². The molecular weight excluding hydrogens is 525 g/mol. The second-order valence-electron chi connectivity index (χ2n) is 11.3. The molecule has 0 saturated heterocycles. The first-order valence-electron chi connectivity index (χ1n) is 14.4. The van der Waals surface area contributed by atoms with Crippen LogP contribution in [-0.4, -0.2) is 0 Å². The average molecular weight is 554 g/mol. The first-order chi connectivity index (χ1) is 20.3. The number of fused-ring (bicyclic) bond motifs is 2. The Balaban J connectivity index is 1.29. The number of benzene rings is 5. The zero-order valence-electron chi connectivity index (χ0n) is 22.5. The maximum atomic E-state index is 7.16. The predicted molar refractivity (Wildman–Crippen MR) is 162 cm³/mol. The van der Waals surface area contributed by atoms with Gasteiger partial charge in [0, 0.05) is 33.4 Å². The van der Waals surface area contributed by atoms with E-state index in [0.29, 0.717) is 0 Å². The summed E-state index contributed by atoms with van der Waals surface area (Å²) in [5, 5.41) is 0. The van der Waals surface area contributed by atoms with Gasteiger partial charge >= 0.3 is 8.53 Å². The van der Waals surface area contributed by atoms with Crippen molar-refractivity contribution in [2.24, 2.45) is 0 Å². The molecule has 0 fully saturated rings. The second-order valence-corrected chi connectivity index (χ2v) is 12.6. The molecule has 0 saturated carbocycles. The van der Waals surface area contributed by atoms with Crippen LogP contribution in [0.1, 0.15) is 52.3 Å². The van der Waals surface area contributed by atoms with Crippen molar-refractivity contribution in [3.05, 3.63) is 149 Å². The van der Waals surface area contributed by atoms with Gasteiger partial charge in [-0.3, -0.25) is 4.67 Å². The number of para-hydroxylation sites is 3. The van der Waals surface area contributed by atoms with Crippen LogP contribution in [0.2, 0.25) is 0 Å². The highest BCUT2D eigenvalue weighted by molar-refractivity contribution is 7.50. The van der Waals surface area contributed by atoms with Gasteiger partial charge in [-0.25, -0.2) is 0 Å². The molecule has 200 valence electrons. The van der Waals surface area contributed by atoms with Crippen LogP contribution in [0.4, 0.5) is 5.69 Å². The highest BCUT2D eigenvalue weighted by atomic mass is 31.2. The summed E-state index contributed by atoms with van der Waals surface area (Å²) in [5.41, 5.74) is 8.78. The van der Waals surface area contributed by atoms with Crippen molar-refractivity contribution in [3.8, 4) is 23.0 Å². The van der Waals surface area contributed by atoms with E-state index in [1.54, 1.807) is 0 Å². The van der Waals surface area contributed by atoms with Crippen molar-refractivity contribution in [3.63, 3.8) is 0 Å². The molecule has 5 aromatic carbocycles. The minimum atomic E-state index is -1.63. The van der Waals surface area contributed by atoms with Crippen LogP contribution in [-0.2, 0) is 18.3 Å². The Kier molecular flexibility index (Phi) is 5.07. The second kappa shape index (κ2) is 8.86. The van der Waals surface area contributed by atoms with E-state index in [0.717, 1.165) is 65.5 Å². The van der Waals surface area contributed by atoms with Crippen LogP contribution in [0.15, 0.2) is 115 Å². The van der Waals surface area contributed by atoms with Crippen molar-refractivity contribution in [2.45, 2.75) is 37.1 Å². The fourth-order valence-corrected chi connectivity index (χ4v) is 9.21. The lowest BCUT2D eigenvalue weighted by Gasteiger charge is -2.42. The monoisotopic (exact) mass is 553 g/mol. The lowest BCUT2D eigenvalue weighted by atomic mass is 9.76. The molecule has 0 radical (unpaired) electrons. The molecule has 4 aliphatic rings. The van der Waals surface area contributed by atoms with Crippen molar-refractivity contribution < 1.29 is 13.8 Å². The van der Waals surface area contributed by atoms with Crippen LogP contribution >= 0.6 is 8.53 Å². The first kappa shape index (κ1) is 23.4. The summed E-state index contributed by atoms with van der Waals surface area (Å²) in [6.07, 6.45) is 4.36. The summed E-state index contributed by atoms with van der Waals surface area (Å²) in [5.74, 6) is 3.64. The Morgan fingerprint density at radius 3 is 1.66 bits per heavy atom. The topological polar surface area (TPSA) is 30.9 Å². The number of nitrogens with zero attached hydrogens (tertiary/aromatic N) is 1. The zero-order valence-corrected chi connectivity index (χ0v) is 23.4. The van der Waals surface area contributed by atoms with E-state index >= 15 is 0 Å². The van der Waals surface area contributed by atoms with Gasteiger partial charge in [0.1, 0.15) is 23.0 Å². The van der Waals surface area contributed by atoms with Gasteiger partial charge in [0.2, 0.25) is 0 Å². The number of hydrogen-bond acceptors (Lipinski definition) is 4. The number of ether oxygens (including phenoxy) is 1. The molecule has 0 N–H and O–H groups in total. The molecule has 2 heterocycles. The third kappa shape index (κ3) is 3.38. The third-order valence-electron chi connectivity index (χ3n) is 9.27. The number of aryl methyl sites for hydroxylation is 2. The lowest BCUT2D eigenvalue weighted by Crippen LogP contribution is -2.32. The van der Waals surface area contributed by atoms with Crippen molar-refractivity contribution >= 4 is 14.2 Å². The average Bonchev–Trinajstić information content (AvgIpc) is 3.59. The van der Waals surface area contributed by atoms with E-state index in [1.807, 2.05) is 12.1 Å². The molecule has 0 amide bonds. The molecule has 41 heavy (non-hydrogen) atoms. The van der Waals surface area contributed by atoms with Crippen molar-refractivity contribution in [2.75, 3.05) is 4.67 Å². The Labute approximate surface area is 241 Å². The van der Waals surface area contributed by atoms with Crippen molar-refractivity contribution in [1.29, 1.82) is 0 Å². The number of hydrogen-bond donors (Lipinski definition) is 0. The minimum Gasteiger partial charge on any atom is -0.457 e. The summed E-state index contributed by atoms with van der Waals surface area (Å²) in [7, 11) is -1.63. The molecule has 4 nitrogen and oxygen atoms in total. The van der Waals surface area contributed by atoms with Crippen LogP contribution in [0.3, 0.4) is 0 Å². The fourth-order valence-electron chi connectivity index (χ4n) is 7.60. The maximum absolute atomic E-state index is 7.16. The minimum absolute atomic E-state index is 0.0330. The highest BCUT2D eigenvalue weighted by Crippen LogP contribution is 2.64. The summed E-state index contributed by atoms with van der Waals surface area (Å²) in [6.45, 7) is 0. The number of rotatable bonds is 3. The van der Waals surface area contributed by atoms with Gasteiger partial charge in [-0.2, -0.15) is 0 Å². The van der Waals surface area contributed by atoms with Crippen LogP contribution < -0.4 is 18.5 Å². The van der Waals surface area contributed by atoms with Gasteiger partial charge in [-0.15, -0.1) is 0 Å². The van der Waals surface area contributed by atoms with Gasteiger partial charge in [-0.05, 0) is 73.2 Å². The lowest BCUT2D eigenvalue weighted by molar-refractivity contribution is 0.416. The molecular formula is C36H28NO3P. The van der Waals surface area contributed by atoms with Gasteiger partial charge in [-0.1, -0.05) is 78.9 Å². The summed E-state index contributed by atoms with van der Waals surface area (Å²) >= 11 is 0. The van der Waals surface area contributed by atoms with E-state index in [9.17, 15) is 0 Å². The first-order valence-corrected chi connectivity index (χ1v) is 15.5. The number of anilines is 1. The zero-order chi connectivity index (χ0) is 27.0. The third-order valence-corrected chi connectivity index (χ3v) is 10.8. The standard InChI is InChI=1S/C36H28NO3P/c1-2-12-26(13-3-1)37(35-27-14-4-6-16-29(27)38-30-17-7-5-15-28(30)35)41-39-31-18-8-10-24-20-22-36(33(24)31)23-21-25-11-9-19-32(40-41)34(25)36/h1-19,35H,20-23H2. The Bertz CT molecular complexity index is 1710. The summed E-state index contributed by atoms with van der Waals surface area (Å²) in [4.78, 5) is 0.